The average molecular weight is 533 g/mol. The molecule has 0 saturated heterocycles. The molecular formula is C29H29BrN2O3. The Kier molecular flexibility index (Phi) is 6.82. The summed E-state index contributed by atoms with van der Waals surface area (Å²) in [5.41, 5.74) is 5.90. The van der Waals surface area contributed by atoms with Gasteiger partial charge in [0.2, 0.25) is 0 Å². The lowest BCUT2D eigenvalue weighted by atomic mass is 9.78. The number of methoxy groups -OCH3 is 1. The lowest BCUT2D eigenvalue weighted by Crippen LogP contribution is -2.26. The number of anilines is 2. The number of para-hydroxylation sites is 2. The summed E-state index contributed by atoms with van der Waals surface area (Å²) in [6.45, 7) is 2.80. The van der Waals surface area contributed by atoms with Crippen LogP contribution in [-0.2, 0) is 4.79 Å². The van der Waals surface area contributed by atoms with E-state index in [1.807, 2.05) is 54.6 Å². The van der Waals surface area contributed by atoms with Crippen LogP contribution in [0.1, 0.15) is 49.3 Å². The molecule has 3 aromatic rings. The average Bonchev–Trinajstić information content (AvgIpc) is 3.04. The molecule has 2 unspecified atom stereocenters. The number of benzene rings is 3. The minimum atomic E-state index is -0.262. The molecule has 180 valence electrons. The van der Waals surface area contributed by atoms with Gasteiger partial charge in [-0.3, -0.25) is 4.79 Å². The molecular weight excluding hydrogens is 504 g/mol. The third kappa shape index (κ3) is 4.80. The van der Waals surface area contributed by atoms with Crippen LogP contribution in [0.15, 0.2) is 82.5 Å². The topological polar surface area (TPSA) is 59.6 Å². The van der Waals surface area contributed by atoms with Crippen LogP contribution in [0.2, 0.25) is 0 Å². The van der Waals surface area contributed by atoms with E-state index in [1.54, 1.807) is 7.11 Å². The van der Waals surface area contributed by atoms with Crippen LogP contribution in [0.25, 0.3) is 0 Å². The van der Waals surface area contributed by atoms with Crippen molar-refractivity contribution in [3.05, 3.63) is 93.6 Å². The van der Waals surface area contributed by atoms with Crippen molar-refractivity contribution in [3.63, 3.8) is 0 Å². The molecule has 0 amide bonds. The van der Waals surface area contributed by atoms with Gasteiger partial charge < -0.3 is 20.1 Å². The second-order valence-corrected chi connectivity index (χ2v) is 9.83. The molecule has 0 saturated carbocycles. The van der Waals surface area contributed by atoms with Gasteiger partial charge in [-0.1, -0.05) is 37.3 Å². The third-order valence-electron chi connectivity index (χ3n) is 6.64. The highest BCUT2D eigenvalue weighted by Crippen LogP contribution is 2.45. The summed E-state index contributed by atoms with van der Waals surface area (Å²) in [7, 11) is 1.65. The van der Waals surface area contributed by atoms with E-state index >= 15 is 0 Å². The van der Waals surface area contributed by atoms with Gasteiger partial charge in [-0.25, -0.2) is 0 Å². The highest BCUT2D eigenvalue weighted by molar-refractivity contribution is 9.10. The van der Waals surface area contributed by atoms with Crippen LogP contribution in [0.3, 0.4) is 0 Å². The van der Waals surface area contributed by atoms with Gasteiger partial charge >= 0.3 is 0 Å². The van der Waals surface area contributed by atoms with Crippen molar-refractivity contribution in [1.82, 2.24) is 0 Å². The lowest BCUT2D eigenvalue weighted by molar-refractivity contribution is -0.116. The maximum Gasteiger partial charge on any atom is 0.163 e. The number of ketones is 1. The molecule has 1 aliphatic heterocycles. The van der Waals surface area contributed by atoms with E-state index in [9.17, 15) is 4.79 Å². The summed E-state index contributed by atoms with van der Waals surface area (Å²) in [4.78, 5) is 13.7. The quantitative estimate of drug-likeness (QED) is 0.350. The number of hydrogen-bond acceptors (Lipinski definition) is 5. The Labute approximate surface area is 214 Å². The normalized spacial score (nSPS) is 19.1. The van der Waals surface area contributed by atoms with Gasteiger partial charge in [0.15, 0.2) is 5.78 Å². The zero-order valence-electron chi connectivity index (χ0n) is 19.9. The number of rotatable bonds is 6. The van der Waals surface area contributed by atoms with E-state index in [-0.39, 0.29) is 17.7 Å². The summed E-state index contributed by atoms with van der Waals surface area (Å²) in [5, 5.41) is 7.24. The number of halogens is 1. The molecule has 0 fully saturated rings. The molecule has 1 aliphatic carbocycles. The largest absolute Gasteiger partial charge is 0.496 e. The Bertz CT molecular complexity index is 1270. The number of Topliss-reactive ketones (excluding diaryl/α,β-unsaturated/α-hetero) is 1. The molecule has 5 nitrogen and oxygen atoms in total. The van der Waals surface area contributed by atoms with E-state index in [2.05, 4.69) is 45.6 Å². The van der Waals surface area contributed by atoms with Gasteiger partial charge in [-0.15, -0.1) is 0 Å². The number of fused-ring (bicyclic) bond motifs is 1. The Morgan fingerprint density at radius 3 is 2.43 bits per heavy atom. The Morgan fingerprint density at radius 2 is 1.71 bits per heavy atom. The fourth-order valence-corrected chi connectivity index (χ4v) is 5.45. The summed E-state index contributed by atoms with van der Waals surface area (Å²) < 4.78 is 12.0. The van der Waals surface area contributed by atoms with Crippen LogP contribution in [0, 0.1) is 0 Å². The number of nitrogens with one attached hydrogen (secondary N) is 2. The number of allylic oxidation sites excluding steroid dienone is 1. The van der Waals surface area contributed by atoms with Gasteiger partial charge in [0.05, 0.1) is 35.6 Å². The van der Waals surface area contributed by atoms with E-state index in [0.717, 1.165) is 62.6 Å². The number of ether oxygens (including phenoxy) is 2. The van der Waals surface area contributed by atoms with E-state index in [4.69, 9.17) is 9.47 Å². The molecule has 0 aromatic heterocycles. The smallest absolute Gasteiger partial charge is 0.163 e. The van der Waals surface area contributed by atoms with Crippen LogP contribution < -0.4 is 20.1 Å². The number of carbonyl (C=O) groups is 1. The third-order valence-corrected chi connectivity index (χ3v) is 7.26. The molecule has 6 heteroatoms. The molecule has 3 aromatic carbocycles. The predicted molar refractivity (Wildman–Crippen MR) is 143 cm³/mol. The summed E-state index contributed by atoms with van der Waals surface area (Å²) >= 11 is 3.61. The molecule has 35 heavy (non-hydrogen) atoms. The zero-order chi connectivity index (χ0) is 24.4. The summed E-state index contributed by atoms with van der Waals surface area (Å²) in [5.74, 6) is 1.90. The van der Waals surface area contributed by atoms with E-state index in [0.29, 0.717) is 13.0 Å². The number of hydrogen-bond donors (Lipinski definition) is 2. The minimum absolute atomic E-state index is 0.113. The van der Waals surface area contributed by atoms with Gasteiger partial charge in [0.1, 0.15) is 11.5 Å². The second kappa shape index (κ2) is 10.2. The first-order valence-corrected chi connectivity index (χ1v) is 12.8. The molecule has 0 spiro atoms. The Hall–Kier alpha value is -3.25. The maximum absolute atomic E-state index is 13.7. The first-order valence-electron chi connectivity index (χ1n) is 12.0. The zero-order valence-corrected chi connectivity index (χ0v) is 21.5. The van der Waals surface area contributed by atoms with Crippen molar-refractivity contribution >= 4 is 33.1 Å². The minimum Gasteiger partial charge on any atom is -0.496 e. The first kappa shape index (κ1) is 23.5. The van der Waals surface area contributed by atoms with Crippen molar-refractivity contribution in [2.75, 3.05) is 24.4 Å². The Morgan fingerprint density at radius 1 is 0.971 bits per heavy atom. The predicted octanol–water partition coefficient (Wildman–Crippen LogP) is 7.23. The van der Waals surface area contributed by atoms with Crippen LogP contribution in [-0.4, -0.2) is 19.5 Å². The SMILES string of the molecule is CCCOc1ccc(C2CC(=O)C3=C(C2)Nc2ccccc2NC3c2ccc(OC)c(Br)c2)cc1. The van der Waals surface area contributed by atoms with Crippen molar-refractivity contribution in [2.45, 2.75) is 38.1 Å². The standard InChI is InChI=1S/C29H29BrN2O3/c1-3-14-35-21-11-8-18(9-12-21)20-16-25-28(26(33)17-20)29(19-10-13-27(34-2)22(30)15-19)32-24-7-5-4-6-23(24)31-25/h4-13,15,20,29,31-32H,3,14,16-17H2,1-2H3. The highest BCUT2D eigenvalue weighted by Gasteiger charge is 2.36. The highest BCUT2D eigenvalue weighted by atomic mass is 79.9. The van der Waals surface area contributed by atoms with Gasteiger partial charge in [0, 0.05) is 17.7 Å². The molecule has 1 heterocycles. The van der Waals surface area contributed by atoms with Gasteiger partial charge in [-0.2, -0.15) is 0 Å². The van der Waals surface area contributed by atoms with E-state index < -0.39 is 0 Å². The molecule has 2 aliphatic rings. The van der Waals surface area contributed by atoms with Crippen molar-refractivity contribution in [2.24, 2.45) is 0 Å². The maximum atomic E-state index is 13.7. The van der Waals surface area contributed by atoms with Crippen LogP contribution in [0.5, 0.6) is 11.5 Å². The summed E-state index contributed by atoms with van der Waals surface area (Å²) in [6, 6.07) is 22.0. The lowest BCUT2D eigenvalue weighted by Gasteiger charge is -2.30. The van der Waals surface area contributed by atoms with Gasteiger partial charge in [0.25, 0.3) is 0 Å². The first-order chi connectivity index (χ1) is 17.1. The van der Waals surface area contributed by atoms with Crippen LogP contribution in [0.4, 0.5) is 11.4 Å². The number of carbonyl (C=O) groups excluding carboxylic acids is 1. The molecule has 2 N–H and O–H groups in total. The Balaban J connectivity index is 1.52. The van der Waals surface area contributed by atoms with Crippen molar-refractivity contribution < 1.29 is 14.3 Å². The summed E-state index contributed by atoms with van der Waals surface area (Å²) in [6.07, 6.45) is 2.21. The molecule has 0 radical (unpaired) electrons. The van der Waals surface area contributed by atoms with Crippen molar-refractivity contribution in [1.29, 1.82) is 0 Å². The van der Waals surface area contributed by atoms with Gasteiger partial charge in [-0.05, 0) is 82.2 Å². The second-order valence-electron chi connectivity index (χ2n) is 8.98. The fraction of sp³-hybridized carbons (Fsp3) is 0.276. The van der Waals surface area contributed by atoms with E-state index in [1.165, 1.54) is 0 Å². The monoisotopic (exact) mass is 532 g/mol. The molecule has 5 rings (SSSR count). The van der Waals surface area contributed by atoms with Crippen molar-refractivity contribution in [3.8, 4) is 11.5 Å². The molecule has 2 atom stereocenters. The fourth-order valence-electron chi connectivity index (χ4n) is 4.90. The van der Waals surface area contributed by atoms with Crippen LogP contribution >= 0.6 is 15.9 Å². The molecule has 0 bridgehead atoms.